The number of methoxy groups -OCH3 is 1. The van der Waals surface area contributed by atoms with Crippen LogP contribution in [0.25, 0.3) is 0 Å². The molecule has 0 saturated heterocycles. The lowest BCUT2D eigenvalue weighted by Gasteiger charge is -2.51. The van der Waals surface area contributed by atoms with Crippen molar-refractivity contribution < 1.29 is 18.8 Å². The van der Waals surface area contributed by atoms with Crippen molar-refractivity contribution in [3.63, 3.8) is 0 Å². The van der Waals surface area contributed by atoms with Gasteiger partial charge in [0.1, 0.15) is 5.29 Å². The van der Waals surface area contributed by atoms with E-state index in [1.54, 1.807) is 14.0 Å². The van der Waals surface area contributed by atoms with E-state index in [4.69, 9.17) is 15.0 Å². The van der Waals surface area contributed by atoms with E-state index in [-0.39, 0.29) is 24.2 Å². The number of hydrogen-bond donors (Lipinski definition) is 2. The SMILES string of the molecule is COC(=O)C(/C(C)=N/NC(N)=O)=P(OC)(N(C(C)C)C(C)C)N(C(C)C)C(C)C. The summed E-state index contributed by atoms with van der Waals surface area (Å²) in [4.78, 5) is 24.3. The summed E-state index contributed by atoms with van der Waals surface area (Å²) in [6, 6.07) is -0.594. The molecule has 0 fully saturated rings. The number of primary amides is 1. The Morgan fingerprint density at radius 3 is 1.52 bits per heavy atom. The van der Waals surface area contributed by atoms with Crippen molar-refractivity contribution >= 4 is 30.4 Å². The maximum Gasteiger partial charge on any atom is 0.344 e. The zero-order valence-corrected chi connectivity index (χ0v) is 20.7. The van der Waals surface area contributed by atoms with Crippen LogP contribution in [0, 0.1) is 0 Å². The molecule has 0 rings (SSSR count). The van der Waals surface area contributed by atoms with Crippen molar-refractivity contribution in [3.05, 3.63) is 0 Å². The van der Waals surface area contributed by atoms with Gasteiger partial charge in [0.05, 0.1) is 12.8 Å². The Bertz CT molecular complexity index is 619. The van der Waals surface area contributed by atoms with Crippen molar-refractivity contribution in [2.24, 2.45) is 10.8 Å². The van der Waals surface area contributed by atoms with E-state index in [0.717, 1.165) is 0 Å². The third-order valence-corrected chi connectivity index (χ3v) is 9.04. The molecule has 0 unspecified atom stereocenters. The molecule has 0 heterocycles. The number of amides is 2. The molecule has 9 nitrogen and oxygen atoms in total. The summed E-state index contributed by atoms with van der Waals surface area (Å²) in [5.41, 5.74) is 7.69. The van der Waals surface area contributed by atoms with Crippen molar-refractivity contribution in [3.8, 4) is 0 Å². The van der Waals surface area contributed by atoms with E-state index in [2.05, 4.69) is 75.3 Å². The number of urea groups is 1. The van der Waals surface area contributed by atoms with Crippen LogP contribution in [-0.2, 0) is 14.1 Å². The van der Waals surface area contributed by atoms with Crippen LogP contribution in [0.2, 0.25) is 0 Å². The molecule has 0 bridgehead atoms. The Morgan fingerprint density at radius 1 is 0.897 bits per heavy atom. The summed E-state index contributed by atoms with van der Waals surface area (Å²) < 4.78 is 15.9. The van der Waals surface area contributed by atoms with E-state index in [1.807, 2.05) is 0 Å². The van der Waals surface area contributed by atoms with Crippen molar-refractivity contribution in [1.82, 2.24) is 14.8 Å². The fourth-order valence-electron chi connectivity index (χ4n) is 3.84. The molecule has 170 valence electrons. The number of ether oxygens (including phenoxy) is 1. The van der Waals surface area contributed by atoms with Crippen molar-refractivity contribution in [2.75, 3.05) is 14.2 Å². The number of nitrogens with two attached hydrogens (primary N) is 1. The molecule has 0 aliphatic rings. The summed E-state index contributed by atoms with van der Waals surface area (Å²) in [6.45, 7) is 18.2. The highest BCUT2D eigenvalue weighted by molar-refractivity contribution is 7.71. The van der Waals surface area contributed by atoms with E-state index in [9.17, 15) is 9.59 Å². The molecule has 0 spiro atoms. The van der Waals surface area contributed by atoms with Gasteiger partial charge in [-0.3, -0.25) is 0 Å². The Balaban J connectivity index is 7.67. The minimum atomic E-state index is -2.93. The summed E-state index contributed by atoms with van der Waals surface area (Å²) >= 11 is 0. The molecule has 0 aromatic carbocycles. The normalized spacial score (nSPS) is 13.2. The summed E-state index contributed by atoms with van der Waals surface area (Å²) in [6.07, 6.45) is 0. The lowest BCUT2D eigenvalue weighted by Crippen LogP contribution is -2.49. The number of rotatable bonds is 10. The Hall–Kier alpha value is -1.41. The van der Waals surface area contributed by atoms with Gasteiger partial charge in [-0.05, 0) is 62.3 Å². The fourth-order valence-corrected chi connectivity index (χ4v) is 8.41. The standard InChI is InChI=1S/C19H40N5O4P/c1-12(2)23(13(3)4)29(28-11,24(14(5)6)15(7)8)17(18(25)27-10)16(9)21-22-19(20)26/h12-15H,1-11H3,(H3,20,22,26)/b21-16+. The molecule has 10 heteroatoms. The summed E-state index contributed by atoms with van der Waals surface area (Å²) in [7, 11) is 0.00231. The molecule has 0 aliphatic carbocycles. The number of nitrogens with zero attached hydrogens (tertiary/aromatic N) is 3. The first-order valence-electron chi connectivity index (χ1n) is 9.87. The minimum Gasteiger partial charge on any atom is -0.465 e. The second-order valence-corrected chi connectivity index (χ2v) is 10.7. The van der Waals surface area contributed by atoms with Gasteiger partial charge < -0.3 is 15.0 Å². The monoisotopic (exact) mass is 433 g/mol. The molecular weight excluding hydrogens is 393 g/mol. The maximum absolute atomic E-state index is 13.1. The number of nitrogens with one attached hydrogen (secondary N) is 1. The van der Waals surface area contributed by atoms with Gasteiger partial charge in [0, 0.05) is 31.3 Å². The molecule has 0 aliphatic heterocycles. The van der Waals surface area contributed by atoms with Crippen molar-refractivity contribution in [2.45, 2.75) is 86.5 Å². The van der Waals surface area contributed by atoms with Gasteiger partial charge in [-0.1, -0.05) is 0 Å². The number of hydrazone groups is 1. The predicted octanol–water partition coefficient (Wildman–Crippen LogP) is 3.02. The molecule has 3 N–H and O–H groups in total. The van der Waals surface area contributed by atoms with E-state index < -0.39 is 19.4 Å². The van der Waals surface area contributed by atoms with Crippen LogP contribution in [0.1, 0.15) is 62.3 Å². The Morgan fingerprint density at radius 2 is 1.28 bits per heavy atom. The number of carbonyl (C=O) groups excluding carboxylic acids is 2. The first kappa shape index (κ1) is 27.6. The van der Waals surface area contributed by atoms with Gasteiger partial charge in [0.25, 0.3) is 0 Å². The Kier molecular flexibility index (Phi) is 11.1. The van der Waals surface area contributed by atoms with Crippen LogP contribution in [0.4, 0.5) is 4.79 Å². The van der Waals surface area contributed by atoms with Crippen LogP contribution in [0.3, 0.4) is 0 Å². The van der Waals surface area contributed by atoms with Crippen LogP contribution in [0.15, 0.2) is 5.10 Å². The second kappa shape index (κ2) is 11.7. The van der Waals surface area contributed by atoms with Crippen LogP contribution >= 0.6 is 7.41 Å². The van der Waals surface area contributed by atoms with Gasteiger partial charge >= 0.3 is 12.0 Å². The topological polar surface area (TPSA) is 109 Å². The van der Waals surface area contributed by atoms with Crippen molar-refractivity contribution in [1.29, 1.82) is 0 Å². The second-order valence-electron chi connectivity index (χ2n) is 7.88. The molecule has 0 radical (unpaired) electrons. The van der Waals surface area contributed by atoms with E-state index in [0.29, 0.717) is 11.0 Å². The average Bonchev–Trinajstić information content (AvgIpc) is 2.57. The molecule has 0 aromatic heterocycles. The van der Waals surface area contributed by atoms with Crippen LogP contribution in [0.5, 0.6) is 0 Å². The molecule has 0 aromatic rings. The number of hydrogen-bond acceptors (Lipinski definition) is 7. The highest BCUT2D eigenvalue weighted by Crippen LogP contribution is 2.61. The lowest BCUT2D eigenvalue weighted by atomic mass is 10.3. The van der Waals surface area contributed by atoms with Gasteiger partial charge in [0.2, 0.25) is 0 Å². The minimum absolute atomic E-state index is 0.0554. The zero-order chi connectivity index (χ0) is 23.1. The summed E-state index contributed by atoms with van der Waals surface area (Å²) in [5.74, 6) is -0.551. The van der Waals surface area contributed by atoms with E-state index >= 15 is 0 Å². The average molecular weight is 434 g/mol. The van der Waals surface area contributed by atoms with E-state index in [1.165, 1.54) is 7.11 Å². The molecule has 29 heavy (non-hydrogen) atoms. The first-order chi connectivity index (χ1) is 13.3. The first-order valence-corrected chi connectivity index (χ1v) is 11.5. The quantitative estimate of drug-likeness (QED) is 0.237. The Labute approximate surface area is 176 Å². The zero-order valence-electron chi connectivity index (χ0n) is 19.8. The smallest absolute Gasteiger partial charge is 0.344 e. The highest BCUT2D eigenvalue weighted by Gasteiger charge is 2.45. The lowest BCUT2D eigenvalue weighted by molar-refractivity contribution is -0.132. The van der Waals surface area contributed by atoms with Crippen LogP contribution < -0.4 is 11.2 Å². The van der Waals surface area contributed by atoms with Gasteiger partial charge in [-0.25, -0.2) is 24.4 Å². The third kappa shape index (κ3) is 6.28. The fraction of sp³-hybridized carbons (Fsp3) is 0.789. The van der Waals surface area contributed by atoms with Gasteiger partial charge in [-0.15, -0.1) is 0 Å². The molecular formula is C19H40N5O4P. The molecule has 0 atom stereocenters. The van der Waals surface area contributed by atoms with Crippen LogP contribution in [-0.4, -0.2) is 70.7 Å². The predicted molar refractivity (Wildman–Crippen MR) is 121 cm³/mol. The summed E-state index contributed by atoms with van der Waals surface area (Å²) in [5, 5.41) is 4.35. The largest absolute Gasteiger partial charge is 0.465 e. The molecule has 0 saturated carbocycles. The van der Waals surface area contributed by atoms with Gasteiger partial charge in [-0.2, -0.15) is 5.10 Å². The van der Waals surface area contributed by atoms with Gasteiger partial charge in [0.15, 0.2) is 7.41 Å². The number of carbonyl (C=O) groups is 2. The molecule has 2 amide bonds. The maximum atomic E-state index is 13.1. The number of esters is 1. The highest BCUT2D eigenvalue weighted by atomic mass is 31.2. The third-order valence-electron chi connectivity index (χ3n) is 4.34.